The largest absolute Gasteiger partial charge is 0.396 e. The van der Waals surface area contributed by atoms with E-state index in [4.69, 9.17) is 11.6 Å². The molecule has 0 atom stereocenters. The molecule has 0 aromatic heterocycles. The summed E-state index contributed by atoms with van der Waals surface area (Å²) in [6, 6.07) is 6.14. The number of halogens is 2. The van der Waals surface area contributed by atoms with E-state index in [2.05, 4.69) is 33.0 Å². The van der Waals surface area contributed by atoms with Crippen molar-refractivity contribution in [3.05, 3.63) is 33.3 Å². The Morgan fingerprint density at radius 1 is 1.00 bits per heavy atom. The first-order valence-corrected chi connectivity index (χ1v) is 11.6. The Hall–Kier alpha value is -0.0900. The van der Waals surface area contributed by atoms with Crippen LogP contribution < -0.4 is 0 Å². The number of piperidine rings is 1. The highest BCUT2D eigenvalue weighted by Crippen LogP contribution is 2.32. The van der Waals surface area contributed by atoms with Gasteiger partial charge in [0.05, 0.1) is 0 Å². The van der Waals surface area contributed by atoms with Crippen LogP contribution in [0.1, 0.15) is 56.9 Å². The van der Waals surface area contributed by atoms with Crippen molar-refractivity contribution in [2.75, 3.05) is 26.2 Å². The first kappa shape index (κ1) is 20.6. The minimum Gasteiger partial charge on any atom is -0.396 e. The van der Waals surface area contributed by atoms with E-state index in [-0.39, 0.29) is 0 Å². The molecule has 146 valence electrons. The Morgan fingerprint density at radius 3 is 2.38 bits per heavy atom. The van der Waals surface area contributed by atoms with E-state index in [1.54, 1.807) is 0 Å². The summed E-state index contributed by atoms with van der Waals surface area (Å²) in [4.78, 5) is 2.67. The molecule has 26 heavy (non-hydrogen) atoms. The Balaban J connectivity index is 1.32. The van der Waals surface area contributed by atoms with E-state index < -0.39 is 0 Å². The van der Waals surface area contributed by atoms with Crippen LogP contribution in [-0.2, 0) is 6.42 Å². The summed E-state index contributed by atoms with van der Waals surface area (Å²) in [5, 5.41) is 10.1. The predicted molar refractivity (Wildman–Crippen MR) is 114 cm³/mol. The number of hydrogen-bond acceptors (Lipinski definition) is 2. The van der Waals surface area contributed by atoms with Crippen molar-refractivity contribution in [1.29, 1.82) is 0 Å². The van der Waals surface area contributed by atoms with Gasteiger partial charge in [0, 0.05) is 16.1 Å². The number of likely N-dealkylation sites (tertiary alicyclic amines) is 1. The first-order chi connectivity index (χ1) is 12.6. The van der Waals surface area contributed by atoms with Gasteiger partial charge in [-0.25, -0.2) is 0 Å². The molecule has 1 N–H and O–H groups in total. The molecule has 1 aliphatic heterocycles. The van der Waals surface area contributed by atoms with E-state index in [1.165, 1.54) is 81.0 Å². The zero-order valence-electron chi connectivity index (χ0n) is 15.8. The maximum atomic E-state index is 9.25. The number of rotatable bonds is 7. The van der Waals surface area contributed by atoms with Gasteiger partial charge < -0.3 is 10.0 Å². The third kappa shape index (κ3) is 6.22. The molecule has 1 aromatic carbocycles. The predicted octanol–water partition coefficient (Wildman–Crippen LogP) is 5.94. The highest BCUT2D eigenvalue weighted by atomic mass is 79.9. The van der Waals surface area contributed by atoms with Crippen molar-refractivity contribution in [2.45, 2.75) is 57.8 Å². The van der Waals surface area contributed by atoms with Crippen molar-refractivity contribution < 1.29 is 5.11 Å². The lowest BCUT2D eigenvalue weighted by atomic mass is 9.80. The van der Waals surface area contributed by atoms with Crippen molar-refractivity contribution in [3.8, 4) is 0 Å². The molecule has 0 bridgehead atoms. The third-order valence-corrected chi connectivity index (χ3v) is 7.54. The summed E-state index contributed by atoms with van der Waals surface area (Å²) in [6.45, 7) is 4.17. The van der Waals surface area contributed by atoms with Gasteiger partial charge in [-0.1, -0.05) is 40.4 Å². The minimum absolute atomic E-state index is 0.396. The third-order valence-electron chi connectivity index (χ3n) is 6.53. The van der Waals surface area contributed by atoms with E-state index in [0.717, 1.165) is 23.3 Å². The van der Waals surface area contributed by atoms with Gasteiger partial charge in [-0.3, -0.25) is 0 Å². The van der Waals surface area contributed by atoms with Crippen LogP contribution in [0.25, 0.3) is 0 Å². The standard InChI is InChI=1S/C22H33BrClNO/c23-22-8-7-21(24)15-20(22)14-18-9-12-25(13-10-18)11-1-2-17-3-5-19(16-26)6-4-17/h7-8,15,17-19,26H,1-6,9-14,16H2. The lowest BCUT2D eigenvalue weighted by molar-refractivity contribution is 0.153. The number of nitrogens with zero attached hydrogens (tertiary/aromatic N) is 1. The van der Waals surface area contributed by atoms with E-state index in [1.807, 2.05) is 6.07 Å². The molecule has 0 unspecified atom stereocenters. The number of aliphatic hydroxyl groups is 1. The average Bonchev–Trinajstić information content (AvgIpc) is 2.67. The van der Waals surface area contributed by atoms with Crippen molar-refractivity contribution in [3.63, 3.8) is 0 Å². The van der Waals surface area contributed by atoms with E-state index in [9.17, 15) is 5.11 Å². The van der Waals surface area contributed by atoms with Gasteiger partial charge in [-0.15, -0.1) is 0 Å². The molecule has 1 heterocycles. The van der Waals surface area contributed by atoms with Crippen molar-refractivity contribution in [2.24, 2.45) is 17.8 Å². The van der Waals surface area contributed by atoms with Gasteiger partial charge in [0.25, 0.3) is 0 Å². The Kier molecular flexibility index (Phi) is 8.30. The molecular weight excluding hydrogens is 410 g/mol. The molecule has 2 fully saturated rings. The lowest BCUT2D eigenvalue weighted by Crippen LogP contribution is -2.35. The molecule has 1 saturated carbocycles. The smallest absolute Gasteiger partial charge is 0.0459 e. The summed E-state index contributed by atoms with van der Waals surface area (Å²) in [6.07, 6.45) is 11.6. The fourth-order valence-corrected chi connectivity index (χ4v) is 5.33. The van der Waals surface area contributed by atoms with Crippen LogP contribution in [0.15, 0.2) is 22.7 Å². The summed E-state index contributed by atoms with van der Waals surface area (Å²) in [5.41, 5.74) is 1.36. The van der Waals surface area contributed by atoms with Gasteiger partial charge in [-0.05, 0) is 106 Å². The second-order valence-electron chi connectivity index (χ2n) is 8.44. The molecule has 1 saturated heterocycles. The van der Waals surface area contributed by atoms with Gasteiger partial charge in [-0.2, -0.15) is 0 Å². The van der Waals surface area contributed by atoms with Crippen LogP contribution in [0.5, 0.6) is 0 Å². The highest BCUT2D eigenvalue weighted by Gasteiger charge is 2.22. The molecule has 1 aliphatic carbocycles. The molecule has 0 amide bonds. The molecule has 2 aliphatic rings. The second kappa shape index (κ2) is 10.5. The summed E-state index contributed by atoms with van der Waals surface area (Å²) >= 11 is 9.82. The van der Waals surface area contributed by atoms with Gasteiger partial charge in [0.2, 0.25) is 0 Å². The molecule has 3 rings (SSSR count). The zero-order valence-corrected chi connectivity index (χ0v) is 18.1. The van der Waals surface area contributed by atoms with E-state index >= 15 is 0 Å². The topological polar surface area (TPSA) is 23.5 Å². The molecule has 0 radical (unpaired) electrons. The molecule has 1 aromatic rings. The van der Waals surface area contributed by atoms with Gasteiger partial charge >= 0.3 is 0 Å². The van der Waals surface area contributed by atoms with Crippen molar-refractivity contribution >= 4 is 27.5 Å². The van der Waals surface area contributed by atoms with Crippen LogP contribution in [0, 0.1) is 17.8 Å². The SMILES string of the molecule is OCC1CCC(CCCN2CCC(Cc3cc(Cl)ccc3Br)CC2)CC1. The summed E-state index contributed by atoms with van der Waals surface area (Å²) in [5.74, 6) is 2.29. The van der Waals surface area contributed by atoms with Crippen LogP contribution in [-0.4, -0.2) is 36.2 Å². The monoisotopic (exact) mass is 441 g/mol. The molecule has 0 spiro atoms. The zero-order chi connectivity index (χ0) is 18.4. The van der Waals surface area contributed by atoms with Crippen LogP contribution in [0.2, 0.25) is 5.02 Å². The lowest BCUT2D eigenvalue weighted by Gasteiger charge is -2.33. The Morgan fingerprint density at radius 2 is 1.69 bits per heavy atom. The normalized spacial score (nSPS) is 25.5. The number of aliphatic hydroxyl groups excluding tert-OH is 1. The van der Waals surface area contributed by atoms with Crippen molar-refractivity contribution in [1.82, 2.24) is 4.90 Å². The molecular formula is C22H33BrClNO. The maximum absolute atomic E-state index is 9.25. The Labute approximate surface area is 172 Å². The fourth-order valence-electron chi connectivity index (χ4n) is 4.73. The van der Waals surface area contributed by atoms with Crippen LogP contribution in [0.3, 0.4) is 0 Å². The van der Waals surface area contributed by atoms with Gasteiger partial charge in [0.15, 0.2) is 0 Å². The minimum atomic E-state index is 0.396. The number of benzene rings is 1. The van der Waals surface area contributed by atoms with Gasteiger partial charge in [0.1, 0.15) is 0 Å². The first-order valence-electron chi connectivity index (χ1n) is 10.4. The summed E-state index contributed by atoms with van der Waals surface area (Å²) in [7, 11) is 0. The van der Waals surface area contributed by atoms with Crippen LogP contribution in [0.4, 0.5) is 0 Å². The van der Waals surface area contributed by atoms with Crippen LogP contribution >= 0.6 is 27.5 Å². The maximum Gasteiger partial charge on any atom is 0.0459 e. The quantitative estimate of drug-likeness (QED) is 0.565. The molecule has 2 nitrogen and oxygen atoms in total. The summed E-state index contributed by atoms with van der Waals surface area (Å²) < 4.78 is 1.19. The molecule has 4 heteroatoms. The fraction of sp³-hybridized carbons (Fsp3) is 0.727. The van der Waals surface area contributed by atoms with E-state index in [0.29, 0.717) is 12.5 Å². The highest BCUT2D eigenvalue weighted by molar-refractivity contribution is 9.10. The average molecular weight is 443 g/mol. The second-order valence-corrected chi connectivity index (χ2v) is 9.73. The Bertz CT molecular complexity index is 551. The number of hydrogen-bond donors (Lipinski definition) is 1.